The largest absolute Gasteiger partial charge is 0.348 e. The molecule has 0 aliphatic carbocycles. The minimum Gasteiger partial charge on any atom is -0.348 e. The van der Waals surface area contributed by atoms with Crippen LogP contribution in [0.2, 0.25) is 5.02 Å². The van der Waals surface area contributed by atoms with Gasteiger partial charge >= 0.3 is 5.69 Å². The number of nitrogens with zero attached hydrogens (tertiary/aromatic N) is 4. The minimum absolute atomic E-state index is 0.242. The van der Waals surface area contributed by atoms with Crippen LogP contribution >= 0.6 is 22.9 Å². The maximum atomic E-state index is 13.1. The number of amides is 1. The number of nitrogens with one attached hydrogen (secondary N) is 1. The van der Waals surface area contributed by atoms with E-state index in [0.717, 1.165) is 36.6 Å². The molecule has 1 aliphatic heterocycles. The lowest BCUT2D eigenvalue weighted by atomic mass is 10.1. The Morgan fingerprint density at radius 1 is 1.19 bits per heavy atom. The lowest BCUT2D eigenvalue weighted by molar-refractivity contribution is -0.116. The quantitative estimate of drug-likeness (QED) is 0.588. The van der Waals surface area contributed by atoms with Crippen molar-refractivity contribution in [1.29, 1.82) is 0 Å². The van der Waals surface area contributed by atoms with Gasteiger partial charge in [0.25, 0.3) is 5.56 Å². The monoisotopic (exact) mass is 475 g/mol. The van der Waals surface area contributed by atoms with Gasteiger partial charge in [0.15, 0.2) is 10.8 Å². The smallest absolute Gasteiger partial charge is 0.333 e. The van der Waals surface area contributed by atoms with E-state index in [2.05, 4.69) is 15.2 Å². The number of hydrogen-bond acceptors (Lipinski definition) is 6. The van der Waals surface area contributed by atoms with Crippen LogP contribution in [-0.4, -0.2) is 33.1 Å². The zero-order valence-electron chi connectivity index (χ0n) is 18.2. The highest BCUT2D eigenvalue weighted by atomic mass is 35.5. The van der Waals surface area contributed by atoms with E-state index >= 15 is 0 Å². The Balaban J connectivity index is 1.73. The van der Waals surface area contributed by atoms with Gasteiger partial charge in [0.05, 0.1) is 0 Å². The molecule has 4 rings (SSSR count). The van der Waals surface area contributed by atoms with E-state index in [9.17, 15) is 14.4 Å². The lowest BCUT2D eigenvalue weighted by Gasteiger charge is -2.25. The summed E-state index contributed by atoms with van der Waals surface area (Å²) < 4.78 is 2.92. The van der Waals surface area contributed by atoms with Crippen LogP contribution in [0.4, 0.5) is 10.8 Å². The van der Waals surface area contributed by atoms with E-state index in [4.69, 9.17) is 11.6 Å². The Bertz CT molecular complexity index is 1270. The number of fused-ring (bicyclic) bond motifs is 1. The summed E-state index contributed by atoms with van der Waals surface area (Å²) >= 11 is 7.45. The third kappa shape index (κ3) is 4.45. The van der Waals surface area contributed by atoms with Gasteiger partial charge in [-0.15, -0.1) is 0 Å². The van der Waals surface area contributed by atoms with Gasteiger partial charge < -0.3 is 10.2 Å². The molecule has 2 aromatic heterocycles. The molecule has 0 bridgehead atoms. The summed E-state index contributed by atoms with van der Waals surface area (Å²) in [6, 6.07) is 5.24. The molecule has 0 spiro atoms. The fraction of sp³-hybridized carbons (Fsp3) is 0.455. The molecule has 3 heterocycles. The number of benzene rings is 1. The van der Waals surface area contributed by atoms with Crippen LogP contribution in [0.25, 0.3) is 10.3 Å². The normalized spacial score (nSPS) is 14.2. The van der Waals surface area contributed by atoms with Crippen LogP contribution in [0.15, 0.2) is 27.8 Å². The van der Waals surface area contributed by atoms with Crippen molar-refractivity contribution in [2.75, 3.05) is 23.3 Å². The van der Waals surface area contributed by atoms with Gasteiger partial charge in [0.1, 0.15) is 11.2 Å². The van der Waals surface area contributed by atoms with Crippen molar-refractivity contribution in [3.63, 3.8) is 0 Å². The molecule has 0 radical (unpaired) electrons. The summed E-state index contributed by atoms with van der Waals surface area (Å²) in [7, 11) is 0. The Hall–Kier alpha value is -2.65. The molecule has 170 valence electrons. The first-order valence-corrected chi connectivity index (χ1v) is 12.0. The Morgan fingerprint density at radius 3 is 2.62 bits per heavy atom. The second-order valence-electron chi connectivity index (χ2n) is 8.03. The Morgan fingerprint density at radius 2 is 1.94 bits per heavy atom. The lowest BCUT2D eigenvalue weighted by Crippen LogP contribution is -2.41. The summed E-state index contributed by atoms with van der Waals surface area (Å²) in [5, 5.41) is 4.05. The number of anilines is 2. The molecule has 10 heteroatoms. The number of piperidine rings is 1. The first-order chi connectivity index (χ1) is 15.4. The van der Waals surface area contributed by atoms with Gasteiger partial charge in [-0.2, -0.15) is 0 Å². The van der Waals surface area contributed by atoms with E-state index in [1.54, 1.807) is 12.1 Å². The van der Waals surface area contributed by atoms with E-state index in [0.29, 0.717) is 28.4 Å². The van der Waals surface area contributed by atoms with Gasteiger partial charge in [0.2, 0.25) is 5.91 Å². The molecule has 1 N–H and O–H groups in total. The van der Waals surface area contributed by atoms with E-state index in [1.807, 2.05) is 19.9 Å². The maximum absolute atomic E-state index is 13.1. The van der Waals surface area contributed by atoms with Gasteiger partial charge in [-0.25, -0.2) is 9.78 Å². The third-order valence-electron chi connectivity index (χ3n) is 5.59. The van der Waals surface area contributed by atoms with Crippen LogP contribution in [-0.2, 0) is 17.9 Å². The molecule has 1 fully saturated rings. The molecule has 0 saturated carbocycles. The number of thiazole rings is 1. The number of halogens is 1. The molecule has 1 saturated heterocycles. The van der Waals surface area contributed by atoms with E-state index in [1.165, 1.54) is 26.9 Å². The maximum Gasteiger partial charge on any atom is 0.333 e. The minimum atomic E-state index is -0.517. The Labute approximate surface area is 194 Å². The predicted molar refractivity (Wildman–Crippen MR) is 129 cm³/mol. The second kappa shape index (κ2) is 9.46. The number of carbonyl (C=O) groups is 1. The summed E-state index contributed by atoms with van der Waals surface area (Å²) in [6.07, 6.45) is 3.96. The standard InChI is InChI=1S/C22H26ClN5O3S/c1-3-9-27-20(30)18-19(25-21(32-18)26-10-5-4-6-11-26)28(22(27)31)13-17(29)24-15-8-7-14(2)16(23)12-15/h7-8,12H,3-6,9-11,13H2,1-2H3,(H,24,29). The van der Waals surface area contributed by atoms with Gasteiger partial charge in [-0.1, -0.05) is 35.9 Å². The average molecular weight is 476 g/mol. The summed E-state index contributed by atoms with van der Waals surface area (Å²) in [5.74, 6) is -0.387. The molecule has 0 unspecified atom stereocenters. The fourth-order valence-electron chi connectivity index (χ4n) is 3.87. The van der Waals surface area contributed by atoms with Crippen LogP contribution in [0.5, 0.6) is 0 Å². The second-order valence-corrected chi connectivity index (χ2v) is 9.42. The summed E-state index contributed by atoms with van der Waals surface area (Å²) in [6.45, 7) is 5.58. The van der Waals surface area contributed by atoms with Crippen molar-refractivity contribution >= 4 is 50.0 Å². The SMILES string of the molecule is CCCn1c(=O)c2sc(N3CCCCC3)nc2n(CC(=O)Nc2ccc(C)c(Cl)c2)c1=O. The molecular weight excluding hydrogens is 450 g/mol. The van der Waals surface area contributed by atoms with Crippen LogP contribution in [0.1, 0.15) is 38.2 Å². The van der Waals surface area contributed by atoms with Crippen LogP contribution in [0.3, 0.4) is 0 Å². The molecule has 1 aliphatic rings. The van der Waals surface area contributed by atoms with Gasteiger partial charge in [0, 0.05) is 30.3 Å². The Kier molecular flexibility index (Phi) is 6.66. The zero-order valence-corrected chi connectivity index (χ0v) is 19.8. The van der Waals surface area contributed by atoms with Crippen molar-refractivity contribution in [2.45, 2.75) is 52.6 Å². The van der Waals surface area contributed by atoms with Crippen molar-refractivity contribution < 1.29 is 4.79 Å². The number of aryl methyl sites for hydroxylation is 1. The predicted octanol–water partition coefficient (Wildman–Crippen LogP) is 3.62. The van der Waals surface area contributed by atoms with Crippen LogP contribution < -0.4 is 21.5 Å². The molecule has 8 nitrogen and oxygen atoms in total. The highest BCUT2D eigenvalue weighted by molar-refractivity contribution is 7.22. The van der Waals surface area contributed by atoms with Crippen molar-refractivity contribution in [3.8, 4) is 0 Å². The van der Waals surface area contributed by atoms with Gasteiger partial charge in [-0.3, -0.25) is 18.7 Å². The molecule has 1 amide bonds. The first kappa shape index (κ1) is 22.5. The van der Waals surface area contributed by atoms with Crippen LogP contribution in [0, 0.1) is 6.92 Å². The zero-order chi connectivity index (χ0) is 22.8. The number of hydrogen-bond donors (Lipinski definition) is 1. The van der Waals surface area contributed by atoms with E-state index < -0.39 is 5.69 Å². The fourth-order valence-corrected chi connectivity index (χ4v) is 5.12. The third-order valence-corrected chi connectivity index (χ3v) is 7.09. The van der Waals surface area contributed by atoms with Crippen molar-refractivity contribution in [2.24, 2.45) is 0 Å². The number of carbonyl (C=O) groups excluding carboxylic acids is 1. The first-order valence-electron chi connectivity index (χ1n) is 10.8. The molecule has 32 heavy (non-hydrogen) atoms. The molecular formula is C22H26ClN5O3S. The molecule has 0 atom stereocenters. The number of aromatic nitrogens is 3. The summed E-state index contributed by atoms with van der Waals surface area (Å²) in [4.78, 5) is 45.8. The average Bonchev–Trinajstić information content (AvgIpc) is 3.23. The van der Waals surface area contributed by atoms with Crippen molar-refractivity contribution in [3.05, 3.63) is 49.6 Å². The highest BCUT2D eigenvalue weighted by Gasteiger charge is 2.22. The van der Waals surface area contributed by atoms with Crippen molar-refractivity contribution in [1.82, 2.24) is 14.1 Å². The topological polar surface area (TPSA) is 89.2 Å². The van der Waals surface area contributed by atoms with Gasteiger partial charge in [-0.05, 0) is 50.3 Å². The summed E-state index contributed by atoms with van der Waals surface area (Å²) in [5.41, 5.74) is 0.868. The number of rotatable bonds is 6. The molecule has 3 aromatic rings. The van der Waals surface area contributed by atoms with E-state index in [-0.39, 0.29) is 23.7 Å². The molecule has 1 aromatic carbocycles. The highest BCUT2D eigenvalue weighted by Crippen LogP contribution is 2.28.